The molecule has 0 saturated carbocycles. The van der Waals surface area contributed by atoms with Crippen molar-refractivity contribution in [3.8, 4) is 5.75 Å². The lowest BCUT2D eigenvalue weighted by Gasteiger charge is -2.10. The van der Waals surface area contributed by atoms with Crippen LogP contribution in [0, 0.1) is 0 Å². The fraction of sp³-hybridized carbons (Fsp3) is 0.278. The van der Waals surface area contributed by atoms with E-state index in [9.17, 15) is 0 Å². The predicted molar refractivity (Wildman–Crippen MR) is 95.4 cm³/mol. The van der Waals surface area contributed by atoms with E-state index in [0.717, 1.165) is 31.7 Å². The molecule has 2 aromatic carbocycles. The van der Waals surface area contributed by atoms with Crippen LogP contribution in [0.4, 0.5) is 0 Å². The second-order valence-electron chi connectivity index (χ2n) is 5.02. The molecule has 0 amide bonds. The van der Waals surface area contributed by atoms with Crippen molar-refractivity contribution in [2.75, 3.05) is 20.2 Å². The third-order valence-electron chi connectivity index (χ3n) is 3.40. The van der Waals surface area contributed by atoms with Gasteiger partial charge in [0.1, 0.15) is 5.75 Å². The second kappa shape index (κ2) is 9.05. The van der Waals surface area contributed by atoms with E-state index in [1.807, 2.05) is 18.2 Å². The molecule has 2 aromatic rings. The number of hydrogen-bond donors (Lipinski definition) is 2. The van der Waals surface area contributed by atoms with Gasteiger partial charge >= 0.3 is 0 Å². The van der Waals surface area contributed by atoms with Crippen LogP contribution in [0.25, 0.3) is 0 Å². The molecule has 0 aromatic heterocycles. The van der Waals surface area contributed by atoms with Crippen molar-refractivity contribution >= 4 is 17.3 Å². The largest absolute Gasteiger partial charge is 0.497 e. The summed E-state index contributed by atoms with van der Waals surface area (Å²) < 4.78 is 5.15. The predicted octanol–water partition coefficient (Wildman–Crippen LogP) is 2.94. The highest BCUT2D eigenvalue weighted by atomic mass is 32.1. The molecule has 4 heteroatoms. The van der Waals surface area contributed by atoms with E-state index < -0.39 is 0 Å². The summed E-state index contributed by atoms with van der Waals surface area (Å²) in [5.74, 6) is 0.884. The van der Waals surface area contributed by atoms with Crippen LogP contribution in [0.1, 0.15) is 11.1 Å². The SMILES string of the molecule is COc1ccc(CCNC(=S)NCCc2ccccc2)cc1. The zero-order chi connectivity index (χ0) is 15.6. The first-order chi connectivity index (χ1) is 10.8. The second-order valence-corrected chi connectivity index (χ2v) is 5.42. The van der Waals surface area contributed by atoms with Gasteiger partial charge in [0.15, 0.2) is 5.11 Å². The van der Waals surface area contributed by atoms with Crippen LogP contribution in [-0.4, -0.2) is 25.3 Å². The maximum Gasteiger partial charge on any atom is 0.166 e. The fourth-order valence-corrected chi connectivity index (χ4v) is 2.34. The van der Waals surface area contributed by atoms with Crippen LogP contribution < -0.4 is 15.4 Å². The van der Waals surface area contributed by atoms with Gasteiger partial charge in [-0.15, -0.1) is 0 Å². The Kier molecular flexibility index (Phi) is 6.71. The zero-order valence-corrected chi connectivity index (χ0v) is 13.7. The van der Waals surface area contributed by atoms with Crippen LogP contribution >= 0.6 is 12.2 Å². The molecule has 0 aliphatic heterocycles. The van der Waals surface area contributed by atoms with Gasteiger partial charge in [0, 0.05) is 13.1 Å². The molecule has 2 N–H and O–H groups in total. The first kappa shape index (κ1) is 16.3. The van der Waals surface area contributed by atoms with Crippen molar-refractivity contribution in [2.24, 2.45) is 0 Å². The van der Waals surface area contributed by atoms with Crippen molar-refractivity contribution in [1.82, 2.24) is 10.6 Å². The Morgan fingerprint density at radius 3 is 1.95 bits per heavy atom. The van der Waals surface area contributed by atoms with Crippen LogP contribution in [0.5, 0.6) is 5.75 Å². The van der Waals surface area contributed by atoms with E-state index in [0.29, 0.717) is 5.11 Å². The standard InChI is InChI=1S/C18H22N2OS/c1-21-17-9-7-16(8-10-17)12-14-20-18(22)19-13-11-15-5-3-2-4-6-15/h2-10H,11-14H2,1H3,(H2,19,20,22). The van der Waals surface area contributed by atoms with Gasteiger partial charge in [-0.25, -0.2) is 0 Å². The number of rotatable bonds is 7. The monoisotopic (exact) mass is 314 g/mol. The summed E-state index contributed by atoms with van der Waals surface area (Å²) in [7, 11) is 1.68. The minimum atomic E-state index is 0.712. The Hall–Kier alpha value is -2.07. The Labute approximate surface area is 137 Å². The number of benzene rings is 2. The molecular formula is C18H22N2OS. The Balaban J connectivity index is 1.61. The summed E-state index contributed by atoms with van der Waals surface area (Å²) in [6.07, 6.45) is 1.91. The van der Waals surface area contributed by atoms with E-state index in [-0.39, 0.29) is 0 Å². The average molecular weight is 314 g/mol. The lowest BCUT2D eigenvalue weighted by molar-refractivity contribution is 0.414. The van der Waals surface area contributed by atoms with Crippen LogP contribution in [0.2, 0.25) is 0 Å². The Morgan fingerprint density at radius 1 is 0.864 bits per heavy atom. The summed E-state index contributed by atoms with van der Waals surface area (Å²) >= 11 is 5.28. The normalized spacial score (nSPS) is 10.0. The minimum absolute atomic E-state index is 0.712. The molecule has 0 aliphatic carbocycles. The van der Waals surface area contributed by atoms with E-state index >= 15 is 0 Å². The fourth-order valence-electron chi connectivity index (χ4n) is 2.14. The molecule has 0 unspecified atom stereocenters. The first-order valence-electron chi connectivity index (χ1n) is 7.46. The minimum Gasteiger partial charge on any atom is -0.497 e. The highest BCUT2D eigenvalue weighted by molar-refractivity contribution is 7.80. The molecule has 0 bridgehead atoms. The molecule has 116 valence electrons. The van der Waals surface area contributed by atoms with Crippen molar-refractivity contribution in [2.45, 2.75) is 12.8 Å². The van der Waals surface area contributed by atoms with E-state index in [1.54, 1.807) is 7.11 Å². The van der Waals surface area contributed by atoms with Gasteiger partial charge in [0.25, 0.3) is 0 Å². The van der Waals surface area contributed by atoms with E-state index in [2.05, 4.69) is 47.0 Å². The number of nitrogens with one attached hydrogen (secondary N) is 2. The molecule has 0 fully saturated rings. The molecule has 2 rings (SSSR count). The first-order valence-corrected chi connectivity index (χ1v) is 7.87. The van der Waals surface area contributed by atoms with Crippen molar-refractivity contribution in [3.05, 3.63) is 65.7 Å². The molecule has 22 heavy (non-hydrogen) atoms. The third-order valence-corrected chi connectivity index (χ3v) is 3.69. The van der Waals surface area contributed by atoms with Crippen molar-refractivity contribution < 1.29 is 4.74 Å². The number of thiocarbonyl (C=S) groups is 1. The van der Waals surface area contributed by atoms with E-state index in [4.69, 9.17) is 17.0 Å². The summed E-state index contributed by atoms with van der Waals surface area (Å²) in [5, 5.41) is 7.18. The molecule has 0 heterocycles. The van der Waals surface area contributed by atoms with Gasteiger partial charge in [-0.3, -0.25) is 0 Å². The van der Waals surface area contributed by atoms with Crippen LogP contribution in [0.3, 0.4) is 0 Å². The summed E-state index contributed by atoms with van der Waals surface area (Å²) in [6, 6.07) is 18.5. The third kappa shape index (κ3) is 5.74. The quantitative estimate of drug-likeness (QED) is 0.770. The van der Waals surface area contributed by atoms with Gasteiger partial charge in [-0.05, 0) is 48.3 Å². The number of ether oxygens (including phenoxy) is 1. The van der Waals surface area contributed by atoms with E-state index in [1.165, 1.54) is 11.1 Å². The molecule has 0 radical (unpaired) electrons. The smallest absolute Gasteiger partial charge is 0.166 e. The molecule has 0 saturated heterocycles. The Morgan fingerprint density at radius 2 is 1.41 bits per heavy atom. The lowest BCUT2D eigenvalue weighted by atomic mass is 10.1. The van der Waals surface area contributed by atoms with Gasteiger partial charge < -0.3 is 15.4 Å². The lowest BCUT2D eigenvalue weighted by Crippen LogP contribution is -2.37. The van der Waals surface area contributed by atoms with Gasteiger partial charge in [0.05, 0.1) is 7.11 Å². The molecular weight excluding hydrogens is 292 g/mol. The topological polar surface area (TPSA) is 33.3 Å². The average Bonchev–Trinajstić information content (AvgIpc) is 2.56. The maximum absolute atomic E-state index is 5.28. The Bertz CT molecular complexity index is 569. The highest BCUT2D eigenvalue weighted by Crippen LogP contribution is 2.11. The maximum atomic E-state index is 5.28. The highest BCUT2D eigenvalue weighted by Gasteiger charge is 1.98. The van der Waals surface area contributed by atoms with Crippen molar-refractivity contribution in [1.29, 1.82) is 0 Å². The van der Waals surface area contributed by atoms with Gasteiger partial charge in [-0.1, -0.05) is 42.5 Å². The molecule has 0 atom stereocenters. The zero-order valence-electron chi connectivity index (χ0n) is 12.8. The summed E-state index contributed by atoms with van der Waals surface area (Å²) in [4.78, 5) is 0. The van der Waals surface area contributed by atoms with Gasteiger partial charge in [0.2, 0.25) is 0 Å². The van der Waals surface area contributed by atoms with Crippen LogP contribution in [-0.2, 0) is 12.8 Å². The molecule has 0 spiro atoms. The van der Waals surface area contributed by atoms with Gasteiger partial charge in [-0.2, -0.15) is 0 Å². The molecule has 0 aliphatic rings. The summed E-state index contributed by atoms with van der Waals surface area (Å²) in [6.45, 7) is 1.67. The van der Waals surface area contributed by atoms with Crippen molar-refractivity contribution in [3.63, 3.8) is 0 Å². The number of hydrogen-bond acceptors (Lipinski definition) is 2. The summed E-state index contributed by atoms with van der Waals surface area (Å²) in [5.41, 5.74) is 2.58. The molecule has 3 nitrogen and oxygen atoms in total. The van der Waals surface area contributed by atoms with Crippen LogP contribution in [0.15, 0.2) is 54.6 Å². The number of methoxy groups -OCH3 is 1.